The lowest BCUT2D eigenvalue weighted by Gasteiger charge is -2.30. The van der Waals surface area contributed by atoms with Gasteiger partial charge in [-0.2, -0.15) is 0 Å². The number of ketones is 1. The highest BCUT2D eigenvalue weighted by molar-refractivity contribution is 5.82. The zero-order valence-electron chi connectivity index (χ0n) is 12.9. The molecule has 0 radical (unpaired) electrons. The molecular weight excluding hydrogens is 234 g/mol. The molecule has 0 aromatic heterocycles. The summed E-state index contributed by atoms with van der Waals surface area (Å²) in [5.41, 5.74) is 0. The van der Waals surface area contributed by atoms with Gasteiger partial charge >= 0.3 is 0 Å². The fraction of sp³-hybridized carbons (Fsp3) is 0.941. The van der Waals surface area contributed by atoms with E-state index in [0.29, 0.717) is 11.7 Å². The zero-order chi connectivity index (χ0) is 13.7. The minimum Gasteiger partial charge on any atom is -0.300 e. The molecule has 0 N–H and O–H groups in total. The molecule has 0 heterocycles. The van der Waals surface area contributed by atoms with Crippen molar-refractivity contribution >= 4 is 5.78 Å². The van der Waals surface area contributed by atoms with Crippen molar-refractivity contribution in [2.75, 3.05) is 13.1 Å². The lowest BCUT2D eigenvalue weighted by molar-refractivity contribution is -0.120. The maximum absolute atomic E-state index is 11.8. The molecule has 2 saturated carbocycles. The van der Waals surface area contributed by atoms with Gasteiger partial charge in [-0.15, -0.1) is 0 Å². The number of carbonyl (C=O) groups excluding carboxylic acids is 1. The maximum Gasteiger partial charge on any atom is 0.136 e. The van der Waals surface area contributed by atoms with Crippen LogP contribution in [0.3, 0.4) is 0 Å². The van der Waals surface area contributed by atoms with Gasteiger partial charge in [0.2, 0.25) is 0 Å². The highest BCUT2D eigenvalue weighted by atomic mass is 16.1. The van der Waals surface area contributed by atoms with E-state index in [1.807, 2.05) is 0 Å². The molecule has 19 heavy (non-hydrogen) atoms. The van der Waals surface area contributed by atoms with E-state index in [2.05, 4.69) is 18.7 Å². The van der Waals surface area contributed by atoms with E-state index in [1.54, 1.807) is 0 Å². The van der Waals surface area contributed by atoms with Crippen LogP contribution < -0.4 is 0 Å². The number of hydrogen-bond donors (Lipinski definition) is 0. The SMILES string of the molecule is CC(C)CCN(CCC1CCCC1=O)C1CCCC1. The molecule has 2 aliphatic rings. The third kappa shape index (κ3) is 4.59. The summed E-state index contributed by atoms with van der Waals surface area (Å²) >= 11 is 0. The Bertz CT molecular complexity index is 281. The molecule has 0 aromatic carbocycles. The average molecular weight is 265 g/mol. The van der Waals surface area contributed by atoms with Crippen LogP contribution in [0.25, 0.3) is 0 Å². The molecule has 2 nitrogen and oxygen atoms in total. The van der Waals surface area contributed by atoms with Crippen LogP contribution >= 0.6 is 0 Å². The van der Waals surface area contributed by atoms with Crippen LogP contribution in [-0.4, -0.2) is 29.8 Å². The maximum atomic E-state index is 11.8. The molecule has 0 bridgehead atoms. The van der Waals surface area contributed by atoms with Gasteiger partial charge in [0.15, 0.2) is 0 Å². The molecule has 2 heteroatoms. The number of nitrogens with zero attached hydrogens (tertiary/aromatic N) is 1. The van der Waals surface area contributed by atoms with E-state index in [4.69, 9.17) is 0 Å². The summed E-state index contributed by atoms with van der Waals surface area (Å²) in [6, 6.07) is 0.815. The molecule has 0 aromatic rings. The van der Waals surface area contributed by atoms with E-state index >= 15 is 0 Å². The van der Waals surface area contributed by atoms with Crippen LogP contribution in [0.4, 0.5) is 0 Å². The topological polar surface area (TPSA) is 20.3 Å². The van der Waals surface area contributed by atoms with Crippen molar-refractivity contribution in [2.45, 2.75) is 77.7 Å². The van der Waals surface area contributed by atoms with Gasteiger partial charge in [-0.3, -0.25) is 4.79 Å². The Labute approximate surface area is 118 Å². The van der Waals surface area contributed by atoms with E-state index in [9.17, 15) is 4.79 Å². The number of carbonyl (C=O) groups is 1. The summed E-state index contributed by atoms with van der Waals surface area (Å²) in [4.78, 5) is 14.5. The molecule has 2 fully saturated rings. The van der Waals surface area contributed by atoms with E-state index in [-0.39, 0.29) is 0 Å². The van der Waals surface area contributed by atoms with Gasteiger partial charge in [0.25, 0.3) is 0 Å². The number of Topliss-reactive ketones (excluding diaryl/α,β-unsaturated/α-hetero) is 1. The van der Waals surface area contributed by atoms with Crippen molar-refractivity contribution in [3.05, 3.63) is 0 Å². The van der Waals surface area contributed by atoms with Crippen LogP contribution in [0, 0.1) is 11.8 Å². The van der Waals surface area contributed by atoms with Crippen molar-refractivity contribution in [1.82, 2.24) is 4.90 Å². The Kier molecular flexibility index (Phi) is 5.87. The Balaban J connectivity index is 1.80. The predicted molar refractivity (Wildman–Crippen MR) is 80.2 cm³/mol. The summed E-state index contributed by atoms with van der Waals surface area (Å²) in [5, 5.41) is 0. The fourth-order valence-corrected chi connectivity index (χ4v) is 3.69. The molecule has 0 amide bonds. The fourth-order valence-electron chi connectivity index (χ4n) is 3.69. The van der Waals surface area contributed by atoms with Crippen LogP contribution in [0.5, 0.6) is 0 Å². The molecule has 2 aliphatic carbocycles. The summed E-state index contributed by atoms with van der Waals surface area (Å²) in [6.07, 6.45) is 11.1. The molecule has 0 saturated heterocycles. The summed E-state index contributed by atoms with van der Waals surface area (Å²) in [5.74, 6) is 1.72. The van der Waals surface area contributed by atoms with Gasteiger partial charge in [-0.05, 0) is 57.5 Å². The van der Waals surface area contributed by atoms with Crippen LogP contribution in [0.2, 0.25) is 0 Å². The second-order valence-corrected chi connectivity index (χ2v) is 7.00. The Morgan fingerprint density at radius 3 is 2.42 bits per heavy atom. The summed E-state index contributed by atoms with van der Waals surface area (Å²) in [6.45, 7) is 7.03. The molecule has 1 atom stereocenters. The van der Waals surface area contributed by atoms with E-state index in [1.165, 1.54) is 38.6 Å². The molecule has 1 unspecified atom stereocenters. The highest BCUT2D eigenvalue weighted by Crippen LogP contribution is 2.28. The van der Waals surface area contributed by atoms with Crippen molar-refractivity contribution in [3.63, 3.8) is 0 Å². The van der Waals surface area contributed by atoms with Crippen LogP contribution in [0.1, 0.15) is 71.6 Å². The Hall–Kier alpha value is -0.370. The first kappa shape index (κ1) is 15.0. The third-order valence-corrected chi connectivity index (χ3v) is 5.03. The lowest BCUT2D eigenvalue weighted by Crippen LogP contribution is -2.36. The number of rotatable bonds is 7. The first-order valence-corrected chi connectivity index (χ1v) is 8.43. The predicted octanol–water partition coefficient (Wildman–Crippen LogP) is 4.04. The first-order chi connectivity index (χ1) is 9.16. The summed E-state index contributed by atoms with van der Waals surface area (Å²) in [7, 11) is 0. The van der Waals surface area contributed by atoms with Gasteiger partial charge in [-0.1, -0.05) is 26.7 Å². The van der Waals surface area contributed by atoms with Crippen LogP contribution in [-0.2, 0) is 4.79 Å². The molecule has 0 spiro atoms. The van der Waals surface area contributed by atoms with Crippen molar-refractivity contribution < 1.29 is 4.79 Å². The third-order valence-electron chi connectivity index (χ3n) is 5.03. The average Bonchev–Trinajstić information content (AvgIpc) is 3.01. The minimum atomic E-state index is 0.392. The smallest absolute Gasteiger partial charge is 0.136 e. The minimum absolute atomic E-state index is 0.392. The first-order valence-electron chi connectivity index (χ1n) is 8.43. The standard InChI is InChI=1S/C17H31NO/c1-14(2)10-12-18(16-7-3-4-8-16)13-11-15-6-5-9-17(15)19/h14-16H,3-13H2,1-2H3. The Morgan fingerprint density at radius 2 is 1.84 bits per heavy atom. The monoisotopic (exact) mass is 265 g/mol. The van der Waals surface area contributed by atoms with Gasteiger partial charge in [0.1, 0.15) is 5.78 Å². The molecule has 110 valence electrons. The second kappa shape index (κ2) is 7.42. The Morgan fingerprint density at radius 1 is 1.11 bits per heavy atom. The van der Waals surface area contributed by atoms with Gasteiger partial charge in [0.05, 0.1) is 0 Å². The lowest BCUT2D eigenvalue weighted by atomic mass is 10.0. The number of hydrogen-bond acceptors (Lipinski definition) is 2. The second-order valence-electron chi connectivity index (χ2n) is 7.00. The van der Waals surface area contributed by atoms with Gasteiger partial charge in [-0.25, -0.2) is 0 Å². The van der Waals surface area contributed by atoms with Crippen molar-refractivity contribution in [1.29, 1.82) is 0 Å². The van der Waals surface area contributed by atoms with E-state index < -0.39 is 0 Å². The highest BCUT2D eigenvalue weighted by Gasteiger charge is 2.27. The quantitative estimate of drug-likeness (QED) is 0.692. The van der Waals surface area contributed by atoms with Crippen LogP contribution in [0.15, 0.2) is 0 Å². The molecule has 2 rings (SSSR count). The normalized spacial score (nSPS) is 25.1. The van der Waals surface area contributed by atoms with Crippen molar-refractivity contribution in [2.24, 2.45) is 11.8 Å². The zero-order valence-corrected chi connectivity index (χ0v) is 12.9. The van der Waals surface area contributed by atoms with E-state index in [0.717, 1.165) is 44.2 Å². The summed E-state index contributed by atoms with van der Waals surface area (Å²) < 4.78 is 0. The van der Waals surface area contributed by atoms with Crippen molar-refractivity contribution in [3.8, 4) is 0 Å². The molecule has 0 aliphatic heterocycles. The van der Waals surface area contributed by atoms with Gasteiger partial charge in [0, 0.05) is 18.4 Å². The van der Waals surface area contributed by atoms with Gasteiger partial charge < -0.3 is 4.90 Å². The molecular formula is C17H31NO. The largest absolute Gasteiger partial charge is 0.300 e.